The maximum atomic E-state index is 5.77. The fourth-order valence-electron chi connectivity index (χ4n) is 2.36. The molecule has 0 saturated carbocycles. The van der Waals surface area contributed by atoms with Crippen molar-refractivity contribution in [2.24, 2.45) is 17.1 Å². The Kier molecular flexibility index (Phi) is 2.79. The molecular weight excluding hydrogens is 148 g/mol. The van der Waals surface area contributed by atoms with E-state index in [0.717, 1.165) is 12.5 Å². The van der Waals surface area contributed by atoms with Crippen LogP contribution in [0.4, 0.5) is 0 Å². The first-order valence-electron chi connectivity index (χ1n) is 4.87. The molecule has 1 aliphatic heterocycles. The monoisotopic (exact) mass is 170 g/mol. The molecule has 0 aliphatic carbocycles. The van der Waals surface area contributed by atoms with E-state index in [1.165, 1.54) is 13.0 Å². The SMILES string of the molecule is CN1CCC(C(C)(C)C)C1CN. The Morgan fingerprint density at radius 3 is 2.33 bits per heavy atom. The molecule has 1 aliphatic rings. The Morgan fingerprint density at radius 1 is 1.42 bits per heavy atom. The minimum atomic E-state index is 0.412. The third-order valence-electron chi connectivity index (χ3n) is 3.18. The molecule has 1 fully saturated rings. The second-order valence-corrected chi connectivity index (χ2v) is 5.04. The van der Waals surface area contributed by atoms with Crippen LogP contribution in [-0.4, -0.2) is 31.1 Å². The molecule has 0 bridgehead atoms. The minimum Gasteiger partial charge on any atom is -0.329 e. The van der Waals surface area contributed by atoms with Crippen LogP contribution in [-0.2, 0) is 0 Å². The third-order valence-corrected chi connectivity index (χ3v) is 3.18. The van der Waals surface area contributed by atoms with Gasteiger partial charge in [-0.05, 0) is 31.3 Å². The van der Waals surface area contributed by atoms with E-state index in [2.05, 4.69) is 32.7 Å². The molecule has 1 heterocycles. The second kappa shape index (κ2) is 3.35. The summed E-state index contributed by atoms with van der Waals surface area (Å²) in [5.74, 6) is 0.771. The van der Waals surface area contributed by atoms with Crippen molar-refractivity contribution in [1.82, 2.24) is 4.90 Å². The van der Waals surface area contributed by atoms with Crippen LogP contribution >= 0.6 is 0 Å². The number of likely N-dealkylation sites (tertiary alicyclic amines) is 1. The molecular formula is C10H22N2. The predicted octanol–water partition coefficient (Wildman–Crippen LogP) is 1.31. The smallest absolute Gasteiger partial charge is 0.0249 e. The molecule has 2 atom stereocenters. The van der Waals surface area contributed by atoms with E-state index in [9.17, 15) is 0 Å². The van der Waals surface area contributed by atoms with E-state index in [1.54, 1.807) is 0 Å². The van der Waals surface area contributed by atoms with Crippen molar-refractivity contribution in [2.75, 3.05) is 20.1 Å². The molecule has 1 rings (SSSR count). The summed E-state index contributed by atoms with van der Waals surface area (Å²) in [6, 6.07) is 0.602. The van der Waals surface area contributed by atoms with Crippen LogP contribution in [0.2, 0.25) is 0 Å². The van der Waals surface area contributed by atoms with Gasteiger partial charge in [-0.25, -0.2) is 0 Å². The zero-order chi connectivity index (χ0) is 9.35. The molecule has 12 heavy (non-hydrogen) atoms. The molecule has 2 unspecified atom stereocenters. The molecule has 72 valence electrons. The number of rotatable bonds is 1. The second-order valence-electron chi connectivity index (χ2n) is 5.04. The zero-order valence-electron chi connectivity index (χ0n) is 8.80. The van der Waals surface area contributed by atoms with Crippen molar-refractivity contribution < 1.29 is 0 Å². The Bertz CT molecular complexity index is 148. The summed E-state index contributed by atoms with van der Waals surface area (Å²) in [6.07, 6.45) is 1.31. The lowest BCUT2D eigenvalue weighted by molar-refractivity contribution is 0.174. The fraction of sp³-hybridized carbons (Fsp3) is 1.00. The maximum Gasteiger partial charge on any atom is 0.0249 e. The predicted molar refractivity (Wildman–Crippen MR) is 53.0 cm³/mol. The Balaban J connectivity index is 2.67. The summed E-state index contributed by atoms with van der Waals surface area (Å²) < 4.78 is 0. The van der Waals surface area contributed by atoms with E-state index in [4.69, 9.17) is 5.73 Å². The molecule has 2 N–H and O–H groups in total. The van der Waals surface area contributed by atoms with Crippen LogP contribution in [0.3, 0.4) is 0 Å². The lowest BCUT2D eigenvalue weighted by Crippen LogP contribution is -2.40. The van der Waals surface area contributed by atoms with Gasteiger partial charge in [0.25, 0.3) is 0 Å². The first kappa shape index (κ1) is 10.0. The highest BCUT2D eigenvalue weighted by Crippen LogP contribution is 2.37. The largest absolute Gasteiger partial charge is 0.329 e. The van der Waals surface area contributed by atoms with Crippen LogP contribution in [0.5, 0.6) is 0 Å². The van der Waals surface area contributed by atoms with Crippen LogP contribution < -0.4 is 5.73 Å². The van der Waals surface area contributed by atoms with Crippen molar-refractivity contribution in [3.63, 3.8) is 0 Å². The average molecular weight is 170 g/mol. The first-order chi connectivity index (χ1) is 5.46. The van der Waals surface area contributed by atoms with Gasteiger partial charge in [0.15, 0.2) is 0 Å². The standard InChI is InChI=1S/C10H22N2/c1-10(2,3)8-5-6-12(4)9(8)7-11/h8-9H,5-7,11H2,1-4H3. The molecule has 0 aromatic heterocycles. The topological polar surface area (TPSA) is 29.3 Å². The highest BCUT2D eigenvalue weighted by atomic mass is 15.2. The maximum absolute atomic E-state index is 5.77. The van der Waals surface area contributed by atoms with Crippen molar-refractivity contribution >= 4 is 0 Å². The van der Waals surface area contributed by atoms with Gasteiger partial charge in [-0.2, -0.15) is 0 Å². The quantitative estimate of drug-likeness (QED) is 0.643. The van der Waals surface area contributed by atoms with Gasteiger partial charge in [0.2, 0.25) is 0 Å². The highest BCUT2D eigenvalue weighted by Gasteiger charge is 2.37. The van der Waals surface area contributed by atoms with E-state index in [0.29, 0.717) is 11.5 Å². The lowest BCUT2D eigenvalue weighted by Gasteiger charge is -2.33. The van der Waals surface area contributed by atoms with Gasteiger partial charge >= 0.3 is 0 Å². The highest BCUT2D eigenvalue weighted by molar-refractivity contribution is 4.91. The van der Waals surface area contributed by atoms with Gasteiger partial charge in [0.1, 0.15) is 0 Å². The van der Waals surface area contributed by atoms with E-state index < -0.39 is 0 Å². The Hall–Kier alpha value is -0.0800. The fourth-order valence-corrected chi connectivity index (χ4v) is 2.36. The Morgan fingerprint density at radius 2 is 2.00 bits per heavy atom. The summed E-state index contributed by atoms with van der Waals surface area (Å²) in [6.45, 7) is 8.97. The number of likely N-dealkylation sites (N-methyl/N-ethyl adjacent to an activating group) is 1. The minimum absolute atomic E-state index is 0.412. The molecule has 2 heteroatoms. The summed E-state index contributed by atoms with van der Waals surface area (Å²) in [5.41, 5.74) is 6.18. The first-order valence-corrected chi connectivity index (χ1v) is 4.87. The summed E-state index contributed by atoms with van der Waals surface area (Å²) in [4.78, 5) is 2.40. The van der Waals surface area contributed by atoms with E-state index >= 15 is 0 Å². The van der Waals surface area contributed by atoms with Gasteiger partial charge in [0, 0.05) is 12.6 Å². The van der Waals surface area contributed by atoms with Crippen molar-refractivity contribution in [2.45, 2.75) is 33.2 Å². The lowest BCUT2D eigenvalue weighted by atomic mass is 9.76. The average Bonchev–Trinajstić information content (AvgIpc) is 2.29. The van der Waals surface area contributed by atoms with Crippen LogP contribution in [0.25, 0.3) is 0 Å². The van der Waals surface area contributed by atoms with Gasteiger partial charge in [-0.15, -0.1) is 0 Å². The summed E-state index contributed by atoms with van der Waals surface area (Å²) >= 11 is 0. The molecule has 2 nitrogen and oxygen atoms in total. The number of nitrogens with zero attached hydrogens (tertiary/aromatic N) is 1. The normalized spacial score (nSPS) is 32.8. The zero-order valence-corrected chi connectivity index (χ0v) is 8.80. The Labute approximate surface area is 76.1 Å². The van der Waals surface area contributed by atoms with E-state index in [-0.39, 0.29) is 0 Å². The summed E-state index contributed by atoms with van der Waals surface area (Å²) in [5, 5.41) is 0. The van der Waals surface area contributed by atoms with Gasteiger partial charge in [0.05, 0.1) is 0 Å². The number of nitrogens with two attached hydrogens (primary N) is 1. The molecule has 0 amide bonds. The van der Waals surface area contributed by atoms with Crippen molar-refractivity contribution in [3.05, 3.63) is 0 Å². The van der Waals surface area contributed by atoms with Gasteiger partial charge < -0.3 is 10.6 Å². The van der Waals surface area contributed by atoms with Gasteiger partial charge in [-0.3, -0.25) is 0 Å². The third kappa shape index (κ3) is 1.80. The van der Waals surface area contributed by atoms with Gasteiger partial charge in [-0.1, -0.05) is 20.8 Å². The molecule has 0 spiro atoms. The number of hydrogen-bond acceptors (Lipinski definition) is 2. The van der Waals surface area contributed by atoms with Crippen LogP contribution in [0, 0.1) is 11.3 Å². The van der Waals surface area contributed by atoms with Crippen molar-refractivity contribution in [3.8, 4) is 0 Å². The van der Waals surface area contributed by atoms with Crippen LogP contribution in [0.1, 0.15) is 27.2 Å². The van der Waals surface area contributed by atoms with Crippen molar-refractivity contribution in [1.29, 1.82) is 0 Å². The molecule has 1 saturated heterocycles. The molecule has 0 radical (unpaired) electrons. The van der Waals surface area contributed by atoms with Crippen LogP contribution in [0.15, 0.2) is 0 Å². The van der Waals surface area contributed by atoms with E-state index in [1.807, 2.05) is 0 Å². The molecule has 0 aromatic rings. The summed E-state index contributed by atoms with van der Waals surface area (Å²) in [7, 11) is 2.18. The number of hydrogen-bond donors (Lipinski definition) is 1. The molecule has 0 aromatic carbocycles.